The first-order valence-corrected chi connectivity index (χ1v) is 8.00. The smallest absolute Gasteiger partial charge is 0.204 e. The first-order valence-electron chi connectivity index (χ1n) is 7.21. The van der Waals surface area contributed by atoms with E-state index < -0.39 is 6.04 Å². The quantitative estimate of drug-likeness (QED) is 0.654. The average molecular weight is 371 g/mol. The summed E-state index contributed by atoms with van der Waals surface area (Å²) >= 11 is 3.36. The number of carbonyl (C=O) groups is 1. The molecular formula is C17H15BrN4O. The molecule has 1 heterocycles. The van der Waals surface area contributed by atoms with Crippen molar-refractivity contribution in [1.29, 1.82) is 0 Å². The van der Waals surface area contributed by atoms with E-state index in [2.05, 4.69) is 31.3 Å². The fourth-order valence-electron chi connectivity index (χ4n) is 2.17. The minimum Gasteiger partial charge on any atom is -0.292 e. The van der Waals surface area contributed by atoms with E-state index in [1.807, 2.05) is 43.3 Å². The van der Waals surface area contributed by atoms with E-state index in [4.69, 9.17) is 0 Å². The third-order valence-electron chi connectivity index (χ3n) is 3.59. The molecule has 3 aromatic rings. The third kappa shape index (κ3) is 3.37. The van der Waals surface area contributed by atoms with Crippen molar-refractivity contribution >= 4 is 21.7 Å². The first-order chi connectivity index (χ1) is 11.0. The lowest BCUT2D eigenvalue weighted by Gasteiger charge is -2.08. The molecule has 0 spiro atoms. The largest absolute Gasteiger partial charge is 0.292 e. The van der Waals surface area contributed by atoms with Gasteiger partial charge >= 0.3 is 0 Å². The molecule has 0 saturated carbocycles. The maximum atomic E-state index is 12.5. The van der Waals surface area contributed by atoms with Crippen molar-refractivity contribution < 1.29 is 4.79 Å². The molecule has 1 aromatic heterocycles. The van der Waals surface area contributed by atoms with Gasteiger partial charge in [-0.3, -0.25) is 4.79 Å². The Morgan fingerprint density at radius 2 is 1.74 bits per heavy atom. The SMILES string of the molecule is Cc1ccc(-c2nnn(C(C)C(=O)c3ccc(Br)cc3)n2)cc1. The maximum Gasteiger partial charge on any atom is 0.204 e. The number of hydrogen-bond donors (Lipinski definition) is 0. The molecule has 0 saturated heterocycles. The number of aromatic nitrogens is 4. The van der Waals surface area contributed by atoms with Crippen LogP contribution in [0.25, 0.3) is 11.4 Å². The summed E-state index contributed by atoms with van der Waals surface area (Å²) in [5, 5.41) is 12.4. The van der Waals surface area contributed by atoms with Crippen molar-refractivity contribution in [2.24, 2.45) is 0 Å². The van der Waals surface area contributed by atoms with Crippen LogP contribution in [-0.2, 0) is 0 Å². The average Bonchev–Trinajstić information content (AvgIpc) is 3.05. The van der Waals surface area contributed by atoms with Crippen molar-refractivity contribution in [2.75, 3.05) is 0 Å². The number of nitrogens with zero attached hydrogens (tertiary/aromatic N) is 4. The summed E-state index contributed by atoms with van der Waals surface area (Å²) in [6.45, 7) is 3.79. The molecule has 5 nitrogen and oxygen atoms in total. The van der Waals surface area contributed by atoms with Crippen LogP contribution in [0.3, 0.4) is 0 Å². The zero-order valence-electron chi connectivity index (χ0n) is 12.8. The van der Waals surface area contributed by atoms with E-state index in [0.29, 0.717) is 11.4 Å². The van der Waals surface area contributed by atoms with Gasteiger partial charge in [-0.2, -0.15) is 4.80 Å². The number of tetrazole rings is 1. The molecule has 0 N–H and O–H groups in total. The van der Waals surface area contributed by atoms with Crippen LogP contribution in [0.15, 0.2) is 53.0 Å². The van der Waals surface area contributed by atoms with Crippen LogP contribution in [0.5, 0.6) is 0 Å². The van der Waals surface area contributed by atoms with Gasteiger partial charge in [0.15, 0.2) is 5.78 Å². The van der Waals surface area contributed by atoms with Gasteiger partial charge in [-0.05, 0) is 31.2 Å². The minimum atomic E-state index is -0.511. The maximum absolute atomic E-state index is 12.5. The number of hydrogen-bond acceptors (Lipinski definition) is 4. The lowest BCUT2D eigenvalue weighted by molar-refractivity contribution is 0.0918. The second-order valence-electron chi connectivity index (χ2n) is 5.35. The Balaban J connectivity index is 1.83. The summed E-state index contributed by atoms with van der Waals surface area (Å²) in [4.78, 5) is 13.9. The van der Waals surface area contributed by atoms with Crippen LogP contribution >= 0.6 is 15.9 Å². The normalized spacial score (nSPS) is 12.1. The van der Waals surface area contributed by atoms with Gasteiger partial charge in [0, 0.05) is 15.6 Å². The van der Waals surface area contributed by atoms with Gasteiger partial charge in [-0.15, -0.1) is 10.2 Å². The summed E-state index contributed by atoms with van der Waals surface area (Å²) < 4.78 is 0.933. The molecule has 0 amide bonds. The number of carbonyl (C=O) groups excluding carboxylic acids is 1. The molecule has 0 aliphatic carbocycles. The minimum absolute atomic E-state index is 0.0506. The number of aryl methyl sites for hydroxylation is 1. The molecule has 3 rings (SSSR count). The van der Waals surface area contributed by atoms with Gasteiger partial charge in [0.25, 0.3) is 0 Å². The lowest BCUT2D eigenvalue weighted by atomic mass is 10.1. The van der Waals surface area contributed by atoms with E-state index in [1.165, 1.54) is 10.4 Å². The number of benzene rings is 2. The monoisotopic (exact) mass is 370 g/mol. The van der Waals surface area contributed by atoms with Gasteiger partial charge in [-0.1, -0.05) is 57.9 Å². The Hall–Kier alpha value is -2.34. The zero-order chi connectivity index (χ0) is 16.4. The standard InChI is InChI=1S/C17H15BrN4O/c1-11-3-5-14(6-4-11)17-19-21-22(20-17)12(2)16(23)13-7-9-15(18)10-8-13/h3-10,12H,1-2H3. The van der Waals surface area contributed by atoms with Gasteiger partial charge in [-0.25, -0.2) is 0 Å². The number of ketones is 1. The number of Topliss-reactive ketones (excluding diaryl/α,β-unsaturated/α-hetero) is 1. The lowest BCUT2D eigenvalue weighted by Crippen LogP contribution is -2.19. The Morgan fingerprint density at radius 1 is 1.09 bits per heavy atom. The van der Waals surface area contributed by atoms with Crippen molar-refractivity contribution in [3.63, 3.8) is 0 Å². The summed E-state index contributed by atoms with van der Waals surface area (Å²) in [7, 11) is 0. The Morgan fingerprint density at radius 3 is 2.39 bits per heavy atom. The molecule has 6 heteroatoms. The van der Waals surface area contributed by atoms with Gasteiger partial charge in [0.1, 0.15) is 6.04 Å². The van der Waals surface area contributed by atoms with E-state index in [1.54, 1.807) is 19.1 Å². The summed E-state index contributed by atoms with van der Waals surface area (Å²) in [6, 6.07) is 14.6. The zero-order valence-corrected chi connectivity index (χ0v) is 14.4. The highest BCUT2D eigenvalue weighted by Gasteiger charge is 2.20. The van der Waals surface area contributed by atoms with E-state index >= 15 is 0 Å². The van der Waals surface area contributed by atoms with Crippen LogP contribution in [0.4, 0.5) is 0 Å². The molecule has 0 bridgehead atoms. The van der Waals surface area contributed by atoms with Gasteiger partial charge < -0.3 is 0 Å². The molecule has 0 fully saturated rings. The van der Waals surface area contributed by atoms with E-state index in [0.717, 1.165) is 10.0 Å². The molecule has 2 aromatic carbocycles. The first kappa shape index (κ1) is 15.6. The van der Waals surface area contributed by atoms with Crippen LogP contribution in [-0.4, -0.2) is 26.0 Å². The van der Waals surface area contributed by atoms with Crippen molar-refractivity contribution in [3.05, 3.63) is 64.1 Å². The second-order valence-corrected chi connectivity index (χ2v) is 6.26. The highest BCUT2D eigenvalue weighted by atomic mass is 79.9. The highest BCUT2D eigenvalue weighted by molar-refractivity contribution is 9.10. The van der Waals surface area contributed by atoms with E-state index in [-0.39, 0.29) is 5.78 Å². The fourth-order valence-corrected chi connectivity index (χ4v) is 2.43. The predicted molar refractivity (Wildman–Crippen MR) is 91.2 cm³/mol. The van der Waals surface area contributed by atoms with Gasteiger partial charge in [0.2, 0.25) is 5.82 Å². The predicted octanol–water partition coefficient (Wildman–Crippen LogP) is 3.85. The van der Waals surface area contributed by atoms with Crippen molar-refractivity contribution in [3.8, 4) is 11.4 Å². The molecule has 1 atom stereocenters. The highest BCUT2D eigenvalue weighted by Crippen LogP contribution is 2.18. The Kier molecular flexibility index (Phi) is 4.34. The summed E-state index contributed by atoms with van der Waals surface area (Å²) in [6.07, 6.45) is 0. The van der Waals surface area contributed by atoms with E-state index in [9.17, 15) is 4.79 Å². The molecule has 1 unspecified atom stereocenters. The third-order valence-corrected chi connectivity index (χ3v) is 4.12. The topological polar surface area (TPSA) is 60.7 Å². The van der Waals surface area contributed by atoms with Crippen LogP contribution in [0, 0.1) is 6.92 Å². The molecule has 116 valence electrons. The van der Waals surface area contributed by atoms with Crippen molar-refractivity contribution in [2.45, 2.75) is 19.9 Å². The van der Waals surface area contributed by atoms with Gasteiger partial charge in [0.05, 0.1) is 0 Å². The van der Waals surface area contributed by atoms with Crippen LogP contribution in [0.2, 0.25) is 0 Å². The number of halogens is 1. The molecule has 23 heavy (non-hydrogen) atoms. The summed E-state index contributed by atoms with van der Waals surface area (Å²) in [5.41, 5.74) is 2.67. The van der Waals surface area contributed by atoms with Crippen LogP contribution < -0.4 is 0 Å². The van der Waals surface area contributed by atoms with Crippen LogP contribution in [0.1, 0.15) is 28.9 Å². The Bertz CT molecular complexity index is 825. The summed E-state index contributed by atoms with van der Waals surface area (Å²) in [5.74, 6) is 0.464. The fraction of sp³-hybridized carbons (Fsp3) is 0.176. The number of rotatable bonds is 4. The van der Waals surface area contributed by atoms with Crippen molar-refractivity contribution in [1.82, 2.24) is 20.2 Å². The Labute approximate surface area is 142 Å². The second kappa shape index (κ2) is 6.42. The molecule has 0 aliphatic rings. The molecular weight excluding hydrogens is 356 g/mol. The molecule has 0 radical (unpaired) electrons. The molecule has 0 aliphatic heterocycles.